The van der Waals surface area contributed by atoms with Crippen molar-refractivity contribution in [1.29, 1.82) is 0 Å². The highest BCUT2D eigenvalue weighted by Crippen LogP contribution is 2.69. The van der Waals surface area contributed by atoms with Crippen LogP contribution < -0.4 is 0 Å². The lowest BCUT2D eigenvalue weighted by atomic mass is 9.91. The van der Waals surface area contributed by atoms with Crippen molar-refractivity contribution in [3.63, 3.8) is 0 Å². The molecule has 1 unspecified atom stereocenters. The predicted molar refractivity (Wildman–Crippen MR) is 124 cm³/mol. The number of hydrogen-bond acceptors (Lipinski definition) is 2. The zero-order valence-electron chi connectivity index (χ0n) is 19.2. The third-order valence-corrected chi connectivity index (χ3v) is 10.7. The van der Waals surface area contributed by atoms with E-state index in [1.54, 1.807) is 35.6 Å². The second-order valence-corrected chi connectivity index (χ2v) is 12.5. The van der Waals surface area contributed by atoms with Crippen LogP contribution in [0, 0.1) is 5.92 Å². The van der Waals surface area contributed by atoms with Crippen LogP contribution in [0.3, 0.4) is 0 Å². The smallest absolute Gasteiger partial charge is 0.326 e. The summed E-state index contributed by atoms with van der Waals surface area (Å²) in [6, 6.07) is 8.23. The molecule has 0 saturated carbocycles. The van der Waals surface area contributed by atoms with E-state index in [0.717, 1.165) is 30.7 Å². The average molecular weight is 525 g/mol. The Bertz CT molecular complexity index is 987. The maximum atomic E-state index is 13.4. The van der Waals surface area contributed by atoms with Gasteiger partial charge >= 0.3 is 12.4 Å². The Morgan fingerprint density at radius 2 is 1.29 bits per heavy atom. The number of hydrogen-bond donors (Lipinski definition) is 0. The van der Waals surface area contributed by atoms with Crippen LogP contribution >= 0.6 is 6.57 Å². The summed E-state index contributed by atoms with van der Waals surface area (Å²) in [5.74, 6) is 0.196. The number of benzene rings is 2. The Morgan fingerprint density at radius 1 is 0.882 bits per heavy atom. The van der Waals surface area contributed by atoms with Gasteiger partial charge in [0, 0.05) is 0 Å². The number of nitrogens with zero attached hydrogens (tertiary/aromatic N) is 2. The first-order chi connectivity index (χ1) is 15.7. The highest BCUT2D eigenvalue weighted by atomic mass is 32.5. The standard InChI is InChI=1S/C23H27F6N2OPS/c1-5-15(2)14-32-33(34)30(3)20(16-8-6-10-18(12-16)22(24,25)26)21(31(33)4)17-9-7-11-19(13-17)23(27,28)29/h6-13,15,20-21H,5,14H2,1-4H3/t15?,20-,21-/m1/s1. The quantitative estimate of drug-likeness (QED) is 0.285. The third kappa shape index (κ3) is 5.36. The van der Waals surface area contributed by atoms with E-state index >= 15 is 0 Å². The summed E-state index contributed by atoms with van der Waals surface area (Å²) in [4.78, 5) is 0. The maximum Gasteiger partial charge on any atom is 0.416 e. The molecular weight excluding hydrogens is 497 g/mol. The van der Waals surface area contributed by atoms with Gasteiger partial charge in [0.05, 0.1) is 29.8 Å². The van der Waals surface area contributed by atoms with Gasteiger partial charge in [-0.1, -0.05) is 44.5 Å². The Morgan fingerprint density at radius 3 is 1.65 bits per heavy atom. The van der Waals surface area contributed by atoms with Crippen molar-refractivity contribution in [3.05, 3.63) is 70.8 Å². The molecule has 0 aliphatic carbocycles. The van der Waals surface area contributed by atoms with Crippen LogP contribution in [0.4, 0.5) is 26.3 Å². The van der Waals surface area contributed by atoms with Gasteiger partial charge in [-0.3, -0.25) is 0 Å². The molecule has 3 nitrogen and oxygen atoms in total. The van der Waals surface area contributed by atoms with E-state index in [9.17, 15) is 26.3 Å². The zero-order chi connectivity index (χ0) is 25.5. The van der Waals surface area contributed by atoms with Crippen molar-refractivity contribution in [2.24, 2.45) is 5.92 Å². The fourth-order valence-electron chi connectivity index (χ4n) is 4.06. The minimum atomic E-state index is -4.56. The topological polar surface area (TPSA) is 15.7 Å². The maximum absolute atomic E-state index is 13.4. The molecule has 1 saturated heterocycles. The van der Waals surface area contributed by atoms with E-state index in [1.807, 2.05) is 13.8 Å². The Labute approximate surface area is 200 Å². The summed E-state index contributed by atoms with van der Waals surface area (Å²) >= 11 is 5.94. The van der Waals surface area contributed by atoms with Crippen LogP contribution in [-0.4, -0.2) is 30.0 Å². The normalized spacial score (nSPS) is 22.8. The van der Waals surface area contributed by atoms with Crippen LogP contribution in [0.1, 0.15) is 54.6 Å². The van der Waals surface area contributed by atoms with Gasteiger partial charge in [-0.25, -0.2) is 9.34 Å². The summed E-state index contributed by atoms with van der Waals surface area (Å²) in [6.45, 7) is 1.40. The first-order valence-corrected chi connectivity index (χ1v) is 13.4. The molecule has 34 heavy (non-hydrogen) atoms. The van der Waals surface area contributed by atoms with E-state index in [0.29, 0.717) is 17.7 Å². The first-order valence-electron chi connectivity index (χ1n) is 10.8. The summed E-state index contributed by atoms with van der Waals surface area (Å²) < 4.78 is 90.3. The third-order valence-electron chi connectivity index (χ3n) is 6.24. The Kier molecular flexibility index (Phi) is 7.90. The number of likely N-dealkylation sites (N-methyl/N-ethyl adjacent to an activating group) is 2. The minimum Gasteiger partial charge on any atom is -0.326 e. The van der Waals surface area contributed by atoms with Gasteiger partial charge in [0.25, 0.3) is 0 Å². The molecule has 1 heterocycles. The zero-order valence-corrected chi connectivity index (χ0v) is 20.9. The second kappa shape index (κ2) is 9.90. The van der Waals surface area contributed by atoms with Crippen LogP contribution in [0.25, 0.3) is 0 Å². The molecule has 0 aromatic heterocycles. The molecule has 0 radical (unpaired) electrons. The molecule has 0 N–H and O–H groups in total. The van der Waals surface area contributed by atoms with Crippen molar-refractivity contribution in [1.82, 2.24) is 9.34 Å². The number of rotatable bonds is 6. The van der Waals surface area contributed by atoms with Crippen LogP contribution in [-0.2, 0) is 28.7 Å². The van der Waals surface area contributed by atoms with Gasteiger partial charge in [-0.15, -0.1) is 0 Å². The van der Waals surface area contributed by atoms with Gasteiger partial charge in [0.2, 0.25) is 6.57 Å². The highest BCUT2D eigenvalue weighted by molar-refractivity contribution is 8.10. The fraction of sp³-hybridized carbons (Fsp3) is 0.478. The molecule has 0 amide bonds. The molecular formula is C23H27F6N2OPS. The summed E-state index contributed by atoms with van der Waals surface area (Å²) in [5, 5.41) is 0. The predicted octanol–water partition coefficient (Wildman–Crippen LogP) is 7.67. The van der Waals surface area contributed by atoms with Gasteiger partial charge < -0.3 is 4.52 Å². The molecule has 2 aromatic carbocycles. The molecule has 0 spiro atoms. The summed E-state index contributed by atoms with van der Waals surface area (Å²) in [6.07, 6.45) is -8.27. The SMILES string of the molecule is CCC(C)COP1(=S)N(C)[C@H](c2cccc(C(F)(F)F)c2)[C@@H](c2cccc(C(F)(F)F)c2)N1C. The van der Waals surface area contributed by atoms with E-state index in [1.165, 1.54) is 12.1 Å². The van der Waals surface area contributed by atoms with E-state index in [4.69, 9.17) is 16.3 Å². The average Bonchev–Trinajstić information content (AvgIpc) is 2.97. The van der Waals surface area contributed by atoms with Crippen molar-refractivity contribution >= 4 is 18.4 Å². The number of alkyl halides is 6. The molecule has 0 bridgehead atoms. The van der Waals surface area contributed by atoms with Gasteiger partial charge in [-0.2, -0.15) is 26.3 Å². The van der Waals surface area contributed by atoms with Crippen molar-refractivity contribution in [2.75, 3.05) is 20.7 Å². The molecule has 188 valence electrons. The van der Waals surface area contributed by atoms with Gasteiger partial charge in [0.1, 0.15) is 0 Å². The van der Waals surface area contributed by atoms with E-state index in [2.05, 4.69) is 0 Å². The lowest BCUT2D eigenvalue weighted by molar-refractivity contribution is -0.138. The van der Waals surface area contributed by atoms with Crippen molar-refractivity contribution in [2.45, 2.75) is 44.7 Å². The summed E-state index contributed by atoms with van der Waals surface area (Å²) in [7, 11) is 3.35. The van der Waals surface area contributed by atoms with E-state index in [-0.39, 0.29) is 5.92 Å². The van der Waals surface area contributed by atoms with E-state index < -0.39 is 42.1 Å². The molecule has 1 aliphatic rings. The largest absolute Gasteiger partial charge is 0.416 e. The van der Waals surface area contributed by atoms with Crippen molar-refractivity contribution < 1.29 is 30.9 Å². The molecule has 3 rings (SSSR count). The molecule has 11 heteroatoms. The second-order valence-electron chi connectivity index (χ2n) is 8.58. The lowest BCUT2D eigenvalue weighted by Gasteiger charge is -2.31. The highest BCUT2D eigenvalue weighted by Gasteiger charge is 2.51. The lowest BCUT2D eigenvalue weighted by Crippen LogP contribution is -2.22. The molecule has 1 aliphatic heterocycles. The molecule has 3 atom stereocenters. The first kappa shape index (κ1) is 27.1. The van der Waals surface area contributed by atoms with Gasteiger partial charge in [-0.05, 0) is 67.2 Å². The molecule has 2 aromatic rings. The van der Waals surface area contributed by atoms with Gasteiger partial charge in [0.15, 0.2) is 0 Å². The Hall–Kier alpha value is -1.45. The fourth-order valence-corrected chi connectivity index (χ4v) is 7.26. The van der Waals surface area contributed by atoms with Crippen LogP contribution in [0.2, 0.25) is 0 Å². The summed E-state index contributed by atoms with van der Waals surface area (Å²) in [5.41, 5.74) is -1.04. The van der Waals surface area contributed by atoms with Crippen LogP contribution in [0.15, 0.2) is 48.5 Å². The van der Waals surface area contributed by atoms with Crippen molar-refractivity contribution in [3.8, 4) is 0 Å². The minimum absolute atomic E-state index is 0.196. The number of halogens is 6. The monoisotopic (exact) mass is 524 g/mol. The Balaban J connectivity index is 2.15. The molecule has 1 fully saturated rings. The van der Waals surface area contributed by atoms with Crippen LogP contribution in [0.5, 0.6) is 0 Å².